The smallest absolute Gasteiger partial charge is 0.0950 e. The highest BCUT2D eigenvalue weighted by atomic mass is 16.5. The van der Waals surface area contributed by atoms with Crippen LogP contribution in [0.1, 0.15) is 50.8 Å². The molecule has 1 aromatic carbocycles. The average molecular weight is 261 g/mol. The van der Waals surface area contributed by atoms with Gasteiger partial charge in [0.1, 0.15) is 0 Å². The van der Waals surface area contributed by atoms with E-state index in [-0.39, 0.29) is 6.10 Å². The summed E-state index contributed by atoms with van der Waals surface area (Å²) in [4.78, 5) is 0. The molecule has 1 aliphatic rings. The van der Waals surface area contributed by atoms with Gasteiger partial charge in [0, 0.05) is 12.6 Å². The molecule has 2 heteroatoms. The number of benzene rings is 1. The van der Waals surface area contributed by atoms with Gasteiger partial charge in [-0.2, -0.15) is 0 Å². The second-order valence-corrected chi connectivity index (χ2v) is 6.05. The molecule has 0 aliphatic carbocycles. The molecule has 2 nitrogen and oxygen atoms in total. The summed E-state index contributed by atoms with van der Waals surface area (Å²) in [5.41, 5.74) is 2.73. The number of rotatable bonds is 5. The molecule has 0 radical (unpaired) electrons. The maximum Gasteiger partial charge on any atom is 0.0950 e. The van der Waals surface area contributed by atoms with E-state index in [0.717, 1.165) is 19.1 Å². The van der Waals surface area contributed by atoms with Crippen molar-refractivity contribution in [2.24, 2.45) is 5.92 Å². The van der Waals surface area contributed by atoms with E-state index in [2.05, 4.69) is 50.4 Å². The highest BCUT2D eigenvalue weighted by Crippen LogP contribution is 2.22. The molecule has 1 N–H and O–H groups in total. The zero-order chi connectivity index (χ0) is 13.7. The molecule has 1 fully saturated rings. The van der Waals surface area contributed by atoms with Crippen LogP contribution in [-0.2, 0) is 11.2 Å². The number of ether oxygens (including phenoxy) is 1. The van der Waals surface area contributed by atoms with Crippen molar-refractivity contribution < 1.29 is 4.74 Å². The fraction of sp³-hybridized carbons (Fsp3) is 0.647. The van der Waals surface area contributed by atoms with E-state index >= 15 is 0 Å². The van der Waals surface area contributed by atoms with Gasteiger partial charge in [0.2, 0.25) is 0 Å². The van der Waals surface area contributed by atoms with Crippen LogP contribution in [0.2, 0.25) is 0 Å². The van der Waals surface area contributed by atoms with Gasteiger partial charge >= 0.3 is 0 Å². The van der Waals surface area contributed by atoms with Crippen molar-refractivity contribution in [3.05, 3.63) is 35.4 Å². The van der Waals surface area contributed by atoms with Crippen LogP contribution in [0, 0.1) is 5.92 Å². The first-order valence-corrected chi connectivity index (χ1v) is 7.63. The minimum absolute atomic E-state index is 0.221. The Morgan fingerprint density at radius 3 is 2.53 bits per heavy atom. The molecule has 0 amide bonds. The minimum atomic E-state index is 0.221. The summed E-state index contributed by atoms with van der Waals surface area (Å²) in [6.07, 6.45) is 3.79. The van der Waals surface area contributed by atoms with Crippen molar-refractivity contribution in [3.63, 3.8) is 0 Å². The Morgan fingerprint density at radius 2 is 2.00 bits per heavy atom. The number of aryl methyl sites for hydroxylation is 1. The lowest BCUT2D eigenvalue weighted by atomic mass is 10.0. The molecule has 0 spiro atoms. The molecule has 2 rings (SSSR count). The molecule has 19 heavy (non-hydrogen) atoms. The molecular weight excluding hydrogens is 234 g/mol. The van der Waals surface area contributed by atoms with E-state index in [1.807, 2.05) is 0 Å². The van der Waals surface area contributed by atoms with Crippen molar-refractivity contribution >= 4 is 0 Å². The lowest BCUT2D eigenvalue weighted by molar-refractivity contribution is -0.00131. The number of morpholine rings is 1. The SMILES string of the molecule is CCCc1ccc(C2CNC(CC(C)C)CO2)cc1. The number of hydrogen-bond acceptors (Lipinski definition) is 2. The van der Waals surface area contributed by atoms with Crippen molar-refractivity contribution in [2.75, 3.05) is 13.2 Å². The van der Waals surface area contributed by atoms with Crippen LogP contribution >= 0.6 is 0 Å². The van der Waals surface area contributed by atoms with E-state index in [0.29, 0.717) is 6.04 Å². The first-order chi connectivity index (χ1) is 9.19. The van der Waals surface area contributed by atoms with E-state index in [4.69, 9.17) is 4.74 Å². The fourth-order valence-corrected chi connectivity index (χ4v) is 2.75. The van der Waals surface area contributed by atoms with Crippen LogP contribution < -0.4 is 5.32 Å². The first-order valence-electron chi connectivity index (χ1n) is 7.63. The third-order valence-corrected chi connectivity index (χ3v) is 3.74. The Labute approximate surface area is 117 Å². The van der Waals surface area contributed by atoms with Gasteiger partial charge in [-0.15, -0.1) is 0 Å². The third-order valence-electron chi connectivity index (χ3n) is 3.74. The van der Waals surface area contributed by atoms with Crippen molar-refractivity contribution in [1.29, 1.82) is 0 Å². The molecule has 106 valence electrons. The minimum Gasteiger partial charge on any atom is -0.371 e. The number of hydrogen-bond donors (Lipinski definition) is 1. The molecule has 0 aromatic heterocycles. The highest BCUT2D eigenvalue weighted by Gasteiger charge is 2.22. The Bertz CT molecular complexity index is 363. The Hall–Kier alpha value is -0.860. The molecule has 1 aliphatic heterocycles. The standard InChI is InChI=1S/C17H27NO/c1-4-5-14-6-8-15(9-7-14)17-11-18-16(12-19-17)10-13(2)3/h6-9,13,16-18H,4-5,10-12H2,1-3H3. The van der Waals surface area contributed by atoms with Gasteiger partial charge in [0.25, 0.3) is 0 Å². The lowest BCUT2D eigenvalue weighted by Gasteiger charge is -2.31. The monoisotopic (exact) mass is 261 g/mol. The van der Waals surface area contributed by atoms with E-state index in [9.17, 15) is 0 Å². The summed E-state index contributed by atoms with van der Waals surface area (Å²) in [5, 5.41) is 3.61. The zero-order valence-electron chi connectivity index (χ0n) is 12.5. The molecule has 1 aromatic rings. The summed E-state index contributed by atoms with van der Waals surface area (Å²) in [5.74, 6) is 0.728. The second kappa shape index (κ2) is 7.06. The molecule has 1 heterocycles. The van der Waals surface area contributed by atoms with Gasteiger partial charge in [-0.25, -0.2) is 0 Å². The molecule has 2 atom stereocenters. The van der Waals surface area contributed by atoms with Crippen LogP contribution in [0.5, 0.6) is 0 Å². The largest absolute Gasteiger partial charge is 0.371 e. The molecular formula is C17H27NO. The van der Waals surface area contributed by atoms with Crippen LogP contribution in [0.3, 0.4) is 0 Å². The maximum absolute atomic E-state index is 6.01. The lowest BCUT2D eigenvalue weighted by Crippen LogP contribution is -2.43. The first kappa shape index (κ1) is 14.5. The summed E-state index contributed by atoms with van der Waals surface area (Å²) in [7, 11) is 0. The molecule has 1 saturated heterocycles. The third kappa shape index (κ3) is 4.32. The Morgan fingerprint density at radius 1 is 1.26 bits per heavy atom. The van der Waals surface area contributed by atoms with Crippen molar-refractivity contribution in [3.8, 4) is 0 Å². The Kier molecular flexibility index (Phi) is 5.41. The van der Waals surface area contributed by atoms with E-state index in [1.54, 1.807) is 0 Å². The van der Waals surface area contributed by atoms with Crippen LogP contribution in [0.4, 0.5) is 0 Å². The van der Waals surface area contributed by atoms with Crippen molar-refractivity contribution in [1.82, 2.24) is 5.32 Å². The van der Waals surface area contributed by atoms with Gasteiger partial charge in [0.15, 0.2) is 0 Å². The van der Waals surface area contributed by atoms with Crippen LogP contribution in [0.15, 0.2) is 24.3 Å². The average Bonchev–Trinajstić information content (AvgIpc) is 2.40. The quantitative estimate of drug-likeness (QED) is 0.872. The van der Waals surface area contributed by atoms with Gasteiger partial charge in [-0.1, -0.05) is 51.5 Å². The van der Waals surface area contributed by atoms with Gasteiger partial charge < -0.3 is 10.1 Å². The maximum atomic E-state index is 6.01. The van der Waals surface area contributed by atoms with Crippen LogP contribution in [-0.4, -0.2) is 19.2 Å². The van der Waals surface area contributed by atoms with Crippen molar-refractivity contribution in [2.45, 2.75) is 52.2 Å². The van der Waals surface area contributed by atoms with E-state index in [1.165, 1.54) is 30.4 Å². The summed E-state index contributed by atoms with van der Waals surface area (Å²) < 4.78 is 6.01. The predicted molar refractivity (Wildman–Crippen MR) is 80.4 cm³/mol. The zero-order valence-corrected chi connectivity index (χ0v) is 12.5. The summed E-state index contributed by atoms with van der Waals surface area (Å²) >= 11 is 0. The fourth-order valence-electron chi connectivity index (χ4n) is 2.75. The predicted octanol–water partition coefficient (Wildman–Crippen LogP) is 3.71. The van der Waals surface area contributed by atoms with Gasteiger partial charge in [-0.3, -0.25) is 0 Å². The highest BCUT2D eigenvalue weighted by molar-refractivity contribution is 5.25. The number of nitrogens with one attached hydrogen (secondary N) is 1. The second-order valence-electron chi connectivity index (χ2n) is 6.05. The van der Waals surface area contributed by atoms with E-state index < -0.39 is 0 Å². The topological polar surface area (TPSA) is 21.3 Å². The molecule has 0 saturated carbocycles. The summed E-state index contributed by atoms with van der Waals surface area (Å²) in [6.45, 7) is 8.52. The Balaban J connectivity index is 1.87. The van der Waals surface area contributed by atoms with Crippen LogP contribution in [0.25, 0.3) is 0 Å². The molecule has 2 unspecified atom stereocenters. The van der Waals surface area contributed by atoms with Gasteiger partial charge in [-0.05, 0) is 29.9 Å². The normalized spacial score (nSPS) is 23.8. The van der Waals surface area contributed by atoms with Gasteiger partial charge in [0.05, 0.1) is 12.7 Å². The summed E-state index contributed by atoms with van der Waals surface area (Å²) in [6, 6.07) is 9.45. The molecule has 0 bridgehead atoms.